The van der Waals surface area contributed by atoms with E-state index >= 15 is 0 Å². The number of aliphatic hydroxyl groups is 1. The van der Waals surface area contributed by atoms with E-state index in [1.54, 1.807) is 23.2 Å². The third-order valence-corrected chi connectivity index (χ3v) is 5.75. The first kappa shape index (κ1) is 19.3. The summed E-state index contributed by atoms with van der Waals surface area (Å²) in [6.45, 7) is 5.58. The van der Waals surface area contributed by atoms with Crippen molar-refractivity contribution in [1.29, 1.82) is 0 Å². The van der Waals surface area contributed by atoms with Crippen molar-refractivity contribution in [2.75, 3.05) is 43.0 Å². The number of aromatic nitrogens is 2. The Morgan fingerprint density at radius 1 is 1.30 bits per heavy atom. The number of hydrogen-bond acceptors (Lipinski definition) is 8. The largest absolute Gasteiger partial charge is 0.480 e. The van der Waals surface area contributed by atoms with Crippen LogP contribution >= 0.6 is 11.3 Å². The van der Waals surface area contributed by atoms with Gasteiger partial charge in [-0.1, -0.05) is 6.92 Å². The lowest BCUT2D eigenvalue weighted by Crippen LogP contribution is -2.48. The minimum Gasteiger partial charge on any atom is -0.480 e. The summed E-state index contributed by atoms with van der Waals surface area (Å²) in [4.78, 5) is 37.6. The molecule has 9 nitrogen and oxygen atoms in total. The van der Waals surface area contributed by atoms with Crippen LogP contribution in [0.3, 0.4) is 0 Å². The standard InChI is InChI=1S/C17H23N5O4S/c1-3-11-8-12-14(22-6-4-21(5-7-22)10(2)24)19-17(20-15(12)27-11)18-13(9-23)16(25)26/h8,13,23H,3-7,9H2,1-2H3,(H,25,26)(H,18,19,20)/t13-/m0/s1. The van der Waals surface area contributed by atoms with Crippen molar-refractivity contribution < 1.29 is 19.8 Å². The number of nitrogens with zero attached hydrogens (tertiary/aromatic N) is 4. The molecule has 0 unspecified atom stereocenters. The number of carboxylic acids is 1. The summed E-state index contributed by atoms with van der Waals surface area (Å²) in [7, 11) is 0. The van der Waals surface area contributed by atoms with E-state index in [1.165, 1.54) is 0 Å². The fraction of sp³-hybridized carbons (Fsp3) is 0.529. The Balaban J connectivity index is 1.95. The van der Waals surface area contributed by atoms with Gasteiger partial charge in [0.25, 0.3) is 0 Å². The van der Waals surface area contributed by atoms with E-state index in [0.717, 1.165) is 27.3 Å². The number of carbonyl (C=O) groups excluding carboxylic acids is 1. The molecule has 0 saturated carbocycles. The highest BCUT2D eigenvalue weighted by Crippen LogP contribution is 2.33. The van der Waals surface area contributed by atoms with Crippen LogP contribution in [0.1, 0.15) is 18.7 Å². The minimum absolute atomic E-state index is 0.0564. The van der Waals surface area contributed by atoms with Crippen LogP contribution in [0.15, 0.2) is 6.07 Å². The molecule has 3 N–H and O–H groups in total. The second-order valence-electron chi connectivity index (χ2n) is 6.37. The average Bonchev–Trinajstić information content (AvgIpc) is 3.08. The van der Waals surface area contributed by atoms with E-state index in [2.05, 4.69) is 33.2 Å². The molecule has 1 atom stereocenters. The summed E-state index contributed by atoms with van der Waals surface area (Å²) in [5.41, 5.74) is 0. The summed E-state index contributed by atoms with van der Waals surface area (Å²) < 4.78 is 0. The monoisotopic (exact) mass is 393 g/mol. The van der Waals surface area contributed by atoms with Gasteiger partial charge in [-0.3, -0.25) is 4.79 Å². The average molecular weight is 393 g/mol. The van der Waals surface area contributed by atoms with Gasteiger partial charge in [0.15, 0.2) is 6.04 Å². The lowest BCUT2D eigenvalue weighted by molar-refractivity contribution is -0.138. The molecule has 0 radical (unpaired) electrons. The van der Waals surface area contributed by atoms with Crippen molar-refractivity contribution in [1.82, 2.24) is 14.9 Å². The maximum atomic E-state index is 11.6. The van der Waals surface area contributed by atoms with E-state index in [4.69, 9.17) is 5.11 Å². The summed E-state index contributed by atoms with van der Waals surface area (Å²) in [6, 6.07) is 0.896. The lowest BCUT2D eigenvalue weighted by atomic mass is 10.2. The van der Waals surface area contributed by atoms with Crippen LogP contribution in [0.5, 0.6) is 0 Å². The molecule has 10 heteroatoms. The molecule has 1 fully saturated rings. The number of thiophene rings is 1. The third kappa shape index (κ3) is 4.11. The Labute approximate surface area is 160 Å². The number of fused-ring (bicyclic) bond motifs is 1. The van der Waals surface area contributed by atoms with Crippen LogP contribution in [0.2, 0.25) is 0 Å². The molecule has 27 heavy (non-hydrogen) atoms. The predicted molar refractivity (Wildman–Crippen MR) is 103 cm³/mol. The zero-order valence-corrected chi connectivity index (χ0v) is 16.1. The SMILES string of the molecule is CCc1cc2c(N3CCN(C(C)=O)CC3)nc(N[C@@H](CO)C(=O)O)nc2s1. The van der Waals surface area contributed by atoms with Crippen LogP contribution in [0.4, 0.5) is 11.8 Å². The Morgan fingerprint density at radius 3 is 2.56 bits per heavy atom. The van der Waals surface area contributed by atoms with Crippen LogP contribution in [0, 0.1) is 0 Å². The first-order valence-corrected chi connectivity index (χ1v) is 9.65. The molecule has 146 valence electrons. The van der Waals surface area contributed by atoms with E-state index in [-0.39, 0.29) is 11.9 Å². The second-order valence-corrected chi connectivity index (χ2v) is 7.48. The summed E-state index contributed by atoms with van der Waals surface area (Å²) in [5, 5.41) is 22.1. The molecule has 0 aliphatic carbocycles. The van der Waals surface area contributed by atoms with Crippen LogP contribution in [0.25, 0.3) is 10.2 Å². The molecule has 2 aromatic heterocycles. The van der Waals surface area contributed by atoms with Gasteiger partial charge >= 0.3 is 5.97 Å². The number of rotatable bonds is 6. The van der Waals surface area contributed by atoms with Crippen molar-refractivity contribution in [3.8, 4) is 0 Å². The molecule has 1 aliphatic heterocycles. The fourth-order valence-corrected chi connectivity index (χ4v) is 3.97. The molecule has 2 aromatic rings. The number of hydrogen-bond donors (Lipinski definition) is 3. The van der Waals surface area contributed by atoms with Gasteiger partial charge in [0.1, 0.15) is 10.6 Å². The normalized spacial score (nSPS) is 15.8. The number of piperazine rings is 1. The van der Waals surface area contributed by atoms with E-state index in [0.29, 0.717) is 26.2 Å². The van der Waals surface area contributed by atoms with Gasteiger partial charge in [-0.05, 0) is 12.5 Å². The molecule has 1 amide bonds. The van der Waals surface area contributed by atoms with Crippen molar-refractivity contribution >= 4 is 45.2 Å². The Bertz CT molecular complexity index is 847. The van der Waals surface area contributed by atoms with Crippen molar-refractivity contribution in [2.45, 2.75) is 26.3 Å². The van der Waals surface area contributed by atoms with Crippen LogP contribution in [-0.4, -0.2) is 75.8 Å². The number of aliphatic carboxylic acids is 1. The third-order valence-electron chi connectivity index (χ3n) is 4.58. The molecule has 1 saturated heterocycles. The Morgan fingerprint density at radius 2 is 2.00 bits per heavy atom. The number of anilines is 2. The Kier molecular flexibility index (Phi) is 5.76. The van der Waals surface area contributed by atoms with E-state index < -0.39 is 18.6 Å². The quantitative estimate of drug-likeness (QED) is 0.659. The molecule has 3 heterocycles. The molecule has 0 aromatic carbocycles. The number of carboxylic acid groups (broad SMARTS) is 1. The highest BCUT2D eigenvalue weighted by atomic mass is 32.1. The van der Waals surface area contributed by atoms with Gasteiger partial charge < -0.3 is 25.3 Å². The lowest BCUT2D eigenvalue weighted by Gasteiger charge is -2.35. The minimum atomic E-state index is -1.17. The Hall–Kier alpha value is -2.46. The summed E-state index contributed by atoms with van der Waals surface area (Å²) >= 11 is 1.55. The summed E-state index contributed by atoms with van der Waals surface area (Å²) in [5.74, 6) is -0.208. The topological polar surface area (TPSA) is 119 Å². The van der Waals surface area contributed by atoms with E-state index in [1.807, 2.05) is 0 Å². The predicted octanol–water partition coefficient (Wildman–Crippen LogP) is 0.780. The number of amides is 1. The molecular formula is C17H23N5O4S. The first-order valence-electron chi connectivity index (χ1n) is 8.84. The van der Waals surface area contributed by atoms with Gasteiger partial charge in [-0.25, -0.2) is 9.78 Å². The highest BCUT2D eigenvalue weighted by Gasteiger charge is 2.24. The van der Waals surface area contributed by atoms with Gasteiger partial charge in [0, 0.05) is 38.0 Å². The maximum Gasteiger partial charge on any atom is 0.328 e. The van der Waals surface area contributed by atoms with Gasteiger partial charge in [-0.2, -0.15) is 4.98 Å². The van der Waals surface area contributed by atoms with Crippen molar-refractivity contribution in [2.24, 2.45) is 0 Å². The number of aryl methyl sites for hydroxylation is 1. The number of carbonyl (C=O) groups is 2. The fourth-order valence-electron chi connectivity index (χ4n) is 3.01. The second kappa shape index (κ2) is 8.05. The molecule has 0 bridgehead atoms. The van der Waals surface area contributed by atoms with Crippen molar-refractivity contribution in [3.63, 3.8) is 0 Å². The molecule has 0 spiro atoms. The summed E-state index contributed by atoms with van der Waals surface area (Å²) in [6.07, 6.45) is 0.871. The van der Waals surface area contributed by atoms with E-state index in [9.17, 15) is 14.7 Å². The zero-order valence-electron chi connectivity index (χ0n) is 15.3. The van der Waals surface area contributed by atoms with Gasteiger partial charge in [0.05, 0.1) is 12.0 Å². The zero-order chi connectivity index (χ0) is 19.6. The maximum absolute atomic E-state index is 11.6. The molecular weight excluding hydrogens is 370 g/mol. The van der Waals surface area contributed by atoms with Crippen LogP contribution < -0.4 is 10.2 Å². The first-order chi connectivity index (χ1) is 12.9. The number of aliphatic hydroxyl groups excluding tert-OH is 1. The van der Waals surface area contributed by atoms with Gasteiger partial charge in [0.2, 0.25) is 11.9 Å². The highest BCUT2D eigenvalue weighted by molar-refractivity contribution is 7.18. The van der Waals surface area contributed by atoms with Crippen molar-refractivity contribution in [3.05, 3.63) is 10.9 Å². The molecule has 3 rings (SSSR count). The number of nitrogens with one attached hydrogen (secondary N) is 1. The molecule has 1 aliphatic rings. The van der Waals surface area contributed by atoms with Crippen LogP contribution in [-0.2, 0) is 16.0 Å². The van der Waals surface area contributed by atoms with Gasteiger partial charge in [-0.15, -0.1) is 11.3 Å². The smallest absolute Gasteiger partial charge is 0.328 e.